The highest BCUT2D eigenvalue weighted by atomic mass is 16.5. The monoisotopic (exact) mass is 262 g/mol. The van der Waals surface area contributed by atoms with E-state index in [-0.39, 0.29) is 11.9 Å². The minimum absolute atomic E-state index is 0.124. The van der Waals surface area contributed by atoms with E-state index < -0.39 is 0 Å². The normalized spacial score (nSPS) is 17.3. The zero-order chi connectivity index (χ0) is 13.7. The van der Waals surface area contributed by atoms with Crippen LogP contribution >= 0.6 is 0 Å². The van der Waals surface area contributed by atoms with Gasteiger partial charge in [0.1, 0.15) is 11.9 Å². The predicted octanol–water partition coefficient (Wildman–Crippen LogP) is 2.45. The summed E-state index contributed by atoms with van der Waals surface area (Å²) in [6, 6.07) is 5.59. The van der Waals surface area contributed by atoms with Gasteiger partial charge in [0, 0.05) is 5.56 Å². The second-order valence-corrected chi connectivity index (χ2v) is 4.97. The highest BCUT2D eigenvalue weighted by Crippen LogP contribution is 2.29. The lowest BCUT2D eigenvalue weighted by atomic mass is 10.1. The van der Waals surface area contributed by atoms with Crippen molar-refractivity contribution < 1.29 is 9.53 Å². The number of unbranched alkanes of at least 4 members (excludes halogenated alkanes) is 1. The molecule has 0 aliphatic carbocycles. The first kappa shape index (κ1) is 13.9. The topological polar surface area (TPSA) is 50.4 Å². The molecule has 4 nitrogen and oxygen atoms in total. The minimum Gasteiger partial charge on any atom is -0.487 e. The number of ketones is 1. The molecule has 0 fully saturated rings. The number of rotatable bonds is 6. The van der Waals surface area contributed by atoms with Gasteiger partial charge in [0.15, 0.2) is 5.78 Å². The Morgan fingerprint density at radius 1 is 1.53 bits per heavy atom. The average molecular weight is 262 g/mol. The summed E-state index contributed by atoms with van der Waals surface area (Å²) in [4.78, 5) is 12.0. The summed E-state index contributed by atoms with van der Waals surface area (Å²) in [5, 5.41) is 6.46. The third-order valence-corrected chi connectivity index (χ3v) is 3.20. The Balaban J connectivity index is 1.95. The van der Waals surface area contributed by atoms with E-state index in [0.717, 1.165) is 42.9 Å². The second-order valence-electron chi connectivity index (χ2n) is 4.97. The van der Waals surface area contributed by atoms with E-state index in [9.17, 15) is 4.79 Å². The van der Waals surface area contributed by atoms with Crippen molar-refractivity contribution in [2.24, 2.45) is 0 Å². The lowest BCUT2D eigenvalue weighted by molar-refractivity contribution is 0.0991. The van der Waals surface area contributed by atoms with Crippen molar-refractivity contribution in [3.63, 3.8) is 0 Å². The fraction of sp³-hybridized carbons (Fsp3) is 0.533. The number of nitrogens with one attached hydrogen (secondary N) is 2. The van der Waals surface area contributed by atoms with Gasteiger partial charge in [-0.1, -0.05) is 13.3 Å². The van der Waals surface area contributed by atoms with Crippen LogP contribution in [0.1, 0.15) is 37.0 Å². The first-order valence-corrected chi connectivity index (χ1v) is 6.99. The van der Waals surface area contributed by atoms with E-state index in [1.165, 1.54) is 0 Å². The van der Waals surface area contributed by atoms with Crippen LogP contribution in [0.15, 0.2) is 18.2 Å². The number of benzene rings is 1. The maximum Gasteiger partial charge on any atom is 0.176 e. The smallest absolute Gasteiger partial charge is 0.176 e. The molecule has 0 aromatic heterocycles. The van der Waals surface area contributed by atoms with Crippen LogP contribution in [0.5, 0.6) is 5.75 Å². The first-order valence-electron chi connectivity index (χ1n) is 6.99. The Morgan fingerprint density at radius 3 is 3.16 bits per heavy atom. The van der Waals surface area contributed by atoms with Crippen LogP contribution in [0.2, 0.25) is 0 Å². The summed E-state index contributed by atoms with van der Waals surface area (Å²) in [6.45, 7) is 6.23. The number of Topliss-reactive ketones (excluding diaryl/α,β-unsaturated/α-hetero) is 1. The van der Waals surface area contributed by atoms with E-state index in [1.54, 1.807) is 0 Å². The van der Waals surface area contributed by atoms with Crippen LogP contribution in [0, 0.1) is 0 Å². The SMILES string of the molecule is CCCCNCC(=O)c1ccc2c(c1)NCC(C)O2. The molecule has 1 aliphatic heterocycles. The summed E-state index contributed by atoms with van der Waals surface area (Å²) in [7, 11) is 0. The van der Waals surface area contributed by atoms with Gasteiger partial charge in [0.05, 0.1) is 18.8 Å². The van der Waals surface area contributed by atoms with Gasteiger partial charge < -0.3 is 15.4 Å². The Morgan fingerprint density at radius 2 is 2.37 bits per heavy atom. The molecule has 2 N–H and O–H groups in total. The van der Waals surface area contributed by atoms with Crippen LogP contribution in [0.4, 0.5) is 5.69 Å². The Hall–Kier alpha value is -1.55. The lowest BCUT2D eigenvalue weighted by Crippen LogP contribution is -2.28. The Bertz CT molecular complexity index is 446. The number of ether oxygens (including phenoxy) is 1. The summed E-state index contributed by atoms with van der Waals surface area (Å²) in [5.74, 6) is 0.952. The van der Waals surface area contributed by atoms with E-state index >= 15 is 0 Å². The van der Waals surface area contributed by atoms with Crippen molar-refractivity contribution in [3.05, 3.63) is 23.8 Å². The van der Waals surface area contributed by atoms with Gasteiger partial charge in [-0.2, -0.15) is 0 Å². The fourth-order valence-corrected chi connectivity index (χ4v) is 2.06. The maximum absolute atomic E-state index is 12.0. The van der Waals surface area contributed by atoms with Crippen molar-refractivity contribution in [1.29, 1.82) is 0 Å². The largest absolute Gasteiger partial charge is 0.487 e. The number of anilines is 1. The van der Waals surface area contributed by atoms with E-state index in [0.29, 0.717) is 6.54 Å². The summed E-state index contributed by atoms with van der Waals surface area (Å²) in [6.07, 6.45) is 2.41. The lowest BCUT2D eigenvalue weighted by Gasteiger charge is -2.25. The van der Waals surface area contributed by atoms with Crippen LogP contribution in [-0.2, 0) is 0 Å². The molecule has 1 unspecified atom stereocenters. The van der Waals surface area contributed by atoms with Gasteiger partial charge in [0.2, 0.25) is 0 Å². The molecule has 0 saturated carbocycles. The average Bonchev–Trinajstić information content (AvgIpc) is 2.42. The first-order chi connectivity index (χ1) is 9.20. The van der Waals surface area contributed by atoms with Gasteiger partial charge in [-0.3, -0.25) is 4.79 Å². The van der Waals surface area contributed by atoms with Gasteiger partial charge in [-0.05, 0) is 38.1 Å². The van der Waals surface area contributed by atoms with Crippen molar-refractivity contribution in [2.45, 2.75) is 32.8 Å². The molecule has 0 bridgehead atoms. The zero-order valence-electron chi connectivity index (χ0n) is 11.7. The Labute approximate surface area is 114 Å². The molecular weight excluding hydrogens is 240 g/mol. The molecule has 1 aromatic rings. The van der Waals surface area contributed by atoms with Crippen LogP contribution in [-0.4, -0.2) is 31.5 Å². The highest BCUT2D eigenvalue weighted by molar-refractivity contribution is 5.98. The zero-order valence-corrected chi connectivity index (χ0v) is 11.7. The molecule has 104 valence electrons. The molecule has 19 heavy (non-hydrogen) atoms. The van der Waals surface area contributed by atoms with Crippen molar-refractivity contribution >= 4 is 11.5 Å². The molecule has 1 atom stereocenters. The van der Waals surface area contributed by atoms with E-state index in [2.05, 4.69) is 17.6 Å². The summed E-state index contributed by atoms with van der Waals surface area (Å²) < 4.78 is 5.69. The van der Waals surface area contributed by atoms with Crippen LogP contribution in [0.25, 0.3) is 0 Å². The minimum atomic E-state index is 0.124. The fourth-order valence-electron chi connectivity index (χ4n) is 2.06. The van der Waals surface area contributed by atoms with Crippen molar-refractivity contribution in [1.82, 2.24) is 5.32 Å². The van der Waals surface area contributed by atoms with Crippen molar-refractivity contribution in [2.75, 3.05) is 25.0 Å². The predicted molar refractivity (Wildman–Crippen MR) is 77.1 cm³/mol. The number of carbonyl (C=O) groups excluding carboxylic acids is 1. The van der Waals surface area contributed by atoms with E-state index in [4.69, 9.17) is 4.74 Å². The van der Waals surface area contributed by atoms with Gasteiger partial charge in [-0.25, -0.2) is 0 Å². The van der Waals surface area contributed by atoms with Gasteiger partial charge in [-0.15, -0.1) is 0 Å². The third kappa shape index (κ3) is 3.70. The van der Waals surface area contributed by atoms with Gasteiger partial charge >= 0.3 is 0 Å². The highest BCUT2D eigenvalue weighted by Gasteiger charge is 2.17. The molecule has 4 heteroatoms. The molecule has 1 aromatic carbocycles. The molecule has 0 saturated heterocycles. The Kier molecular flexibility index (Phi) is 4.80. The summed E-state index contributed by atoms with van der Waals surface area (Å²) in [5.41, 5.74) is 1.64. The number of fused-ring (bicyclic) bond motifs is 1. The molecule has 0 amide bonds. The van der Waals surface area contributed by atoms with E-state index in [1.807, 2.05) is 25.1 Å². The van der Waals surface area contributed by atoms with Gasteiger partial charge in [0.25, 0.3) is 0 Å². The number of carbonyl (C=O) groups is 1. The summed E-state index contributed by atoms with van der Waals surface area (Å²) >= 11 is 0. The van der Waals surface area contributed by atoms with Crippen LogP contribution < -0.4 is 15.4 Å². The number of hydrogen-bond donors (Lipinski definition) is 2. The molecular formula is C15H22N2O2. The molecule has 0 radical (unpaired) electrons. The number of hydrogen-bond acceptors (Lipinski definition) is 4. The standard InChI is InChI=1S/C15H22N2O2/c1-3-4-7-16-10-14(18)12-5-6-15-13(8-12)17-9-11(2)19-15/h5-6,8,11,16-17H,3-4,7,9-10H2,1-2H3. The third-order valence-electron chi connectivity index (χ3n) is 3.20. The molecule has 1 aliphatic rings. The van der Waals surface area contributed by atoms with Crippen LogP contribution in [0.3, 0.4) is 0 Å². The quantitative estimate of drug-likeness (QED) is 0.611. The van der Waals surface area contributed by atoms with Crippen molar-refractivity contribution in [3.8, 4) is 5.75 Å². The second kappa shape index (κ2) is 6.57. The molecule has 1 heterocycles. The molecule has 2 rings (SSSR count). The maximum atomic E-state index is 12.0. The molecule has 0 spiro atoms.